The van der Waals surface area contributed by atoms with E-state index in [1.54, 1.807) is 17.4 Å². The van der Waals surface area contributed by atoms with Crippen LogP contribution >= 0.6 is 11.3 Å². The summed E-state index contributed by atoms with van der Waals surface area (Å²) in [4.78, 5) is 23.9. The molecule has 3 aromatic rings. The van der Waals surface area contributed by atoms with E-state index in [1.165, 1.54) is 34.9 Å². The second kappa shape index (κ2) is 8.01. The Kier molecular flexibility index (Phi) is 5.46. The number of aromatic nitrogens is 2. The summed E-state index contributed by atoms with van der Waals surface area (Å²) in [6.45, 7) is 4.17. The topological polar surface area (TPSA) is 59.4 Å². The number of nitrogens with one attached hydrogen (secondary N) is 2. The predicted molar refractivity (Wildman–Crippen MR) is 109 cm³/mol. The fourth-order valence-electron chi connectivity index (χ4n) is 3.95. The van der Waals surface area contributed by atoms with Crippen molar-refractivity contribution in [1.29, 1.82) is 0 Å². The summed E-state index contributed by atoms with van der Waals surface area (Å²) in [6, 6.07) is 5.05. The summed E-state index contributed by atoms with van der Waals surface area (Å²) in [5.74, 6) is 0.592. The van der Waals surface area contributed by atoms with E-state index in [1.807, 2.05) is 6.07 Å². The summed E-state index contributed by atoms with van der Waals surface area (Å²) < 4.78 is 19.0. The maximum absolute atomic E-state index is 14.0. The Labute approximate surface area is 167 Å². The van der Waals surface area contributed by atoms with Gasteiger partial charge in [0.1, 0.15) is 17.9 Å². The van der Waals surface area contributed by atoms with Crippen molar-refractivity contribution in [2.24, 2.45) is 0 Å². The lowest BCUT2D eigenvalue weighted by Crippen LogP contribution is -3.09. The number of rotatable bonds is 6. The van der Waals surface area contributed by atoms with E-state index in [0.29, 0.717) is 18.9 Å². The monoisotopic (exact) mass is 402 g/mol. The molecule has 2 aromatic heterocycles. The number of nitrogens with zero attached hydrogens (tertiary/aromatic N) is 1. The van der Waals surface area contributed by atoms with Crippen molar-refractivity contribution in [2.45, 2.75) is 45.7 Å². The molecule has 4 rings (SSSR count). The van der Waals surface area contributed by atoms with Crippen LogP contribution in [0, 0.1) is 5.82 Å². The first-order valence-electron chi connectivity index (χ1n) is 9.78. The number of benzene rings is 1. The Hall–Kier alpha value is -2.25. The highest BCUT2D eigenvalue weighted by Gasteiger charge is 2.21. The van der Waals surface area contributed by atoms with Gasteiger partial charge in [-0.15, -0.1) is 11.3 Å². The van der Waals surface area contributed by atoms with Gasteiger partial charge in [-0.3, -0.25) is 4.79 Å². The molecule has 148 valence electrons. The number of ether oxygens (including phenoxy) is 1. The third kappa shape index (κ3) is 3.69. The number of hydrogen-bond donors (Lipinski definition) is 2. The molecule has 0 saturated carbocycles. The fourth-order valence-corrected chi connectivity index (χ4v) is 5.23. The molecule has 5 nitrogen and oxygen atoms in total. The van der Waals surface area contributed by atoms with E-state index in [9.17, 15) is 9.18 Å². The Morgan fingerprint density at radius 3 is 2.86 bits per heavy atom. The molecule has 2 N–H and O–H groups in total. The molecule has 0 spiro atoms. The first-order chi connectivity index (χ1) is 13.6. The van der Waals surface area contributed by atoms with Crippen LogP contribution in [0.2, 0.25) is 0 Å². The smallest absolute Gasteiger partial charge is 0.260 e. The molecule has 1 aromatic carbocycles. The van der Waals surface area contributed by atoms with Crippen molar-refractivity contribution in [2.75, 3.05) is 13.7 Å². The minimum atomic E-state index is -0.354. The van der Waals surface area contributed by atoms with Crippen molar-refractivity contribution in [1.82, 2.24) is 9.97 Å². The number of thiophene rings is 1. The molecule has 0 radical (unpaired) electrons. The Morgan fingerprint density at radius 1 is 1.29 bits per heavy atom. The molecule has 1 aliphatic rings. The SMILES string of the molecule is CC[NH+](Cc1ccc(OC)c(F)c1)Cc1nc2sc3c(c2c(=O)[nH]1)CCCC3. The number of H-pyrrole nitrogens is 1. The first kappa shape index (κ1) is 19.1. The molecule has 2 heterocycles. The molecule has 0 saturated heterocycles. The molecule has 0 bridgehead atoms. The number of aryl methyl sites for hydroxylation is 2. The maximum Gasteiger partial charge on any atom is 0.260 e. The highest BCUT2D eigenvalue weighted by molar-refractivity contribution is 7.18. The number of quaternary nitrogens is 1. The van der Waals surface area contributed by atoms with Gasteiger partial charge >= 0.3 is 0 Å². The van der Waals surface area contributed by atoms with Crippen LogP contribution < -0.4 is 15.2 Å². The zero-order chi connectivity index (χ0) is 19.7. The predicted octanol–water partition coefficient (Wildman–Crippen LogP) is 2.62. The van der Waals surface area contributed by atoms with Gasteiger partial charge in [-0.05, 0) is 56.4 Å². The van der Waals surface area contributed by atoms with Crippen LogP contribution in [0.3, 0.4) is 0 Å². The average Bonchev–Trinajstić information content (AvgIpc) is 3.06. The van der Waals surface area contributed by atoms with Gasteiger partial charge in [0.15, 0.2) is 17.4 Å². The molecule has 0 aliphatic heterocycles. The second-order valence-corrected chi connectivity index (χ2v) is 8.41. The van der Waals surface area contributed by atoms with Gasteiger partial charge < -0.3 is 14.6 Å². The van der Waals surface area contributed by atoms with E-state index in [4.69, 9.17) is 9.72 Å². The van der Waals surface area contributed by atoms with Crippen LogP contribution in [0.1, 0.15) is 41.6 Å². The van der Waals surface area contributed by atoms with Crippen LogP contribution in [0.15, 0.2) is 23.0 Å². The molecule has 1 atom stereocenters. The second-order valence-electron chi connectivity index (χ2n) is 7.33. The normalized spacial score (nSPS) is 14.8. The van der Waals surface area contributed by atoms with Crippen LogP contribution in [0.4, 0.5) is 4.39 Å². The van der Waals surface area contributed by atoms with E-state index >= 15 is 0 Å². The van der Waals surface area contributed by atoms with Crippen LogP contribution in [-0.4, -0.2) is 23.6 Å². The maximum atomic E-state index is 14.0. The molecule has 0 fully saturated rings. The molecular formula is C21H25FN3O2S+. The van der Waals surface area contributed by atoms with E-state index in [-0.39, 0.29) is 17.1 Å². The average molecular weight is 403 g/mol. The fraction of sp³-hybridized carbons (Fsp3) is 0.429. The quantitative estimate of drug-likeness (QED) is 0.666. The number of halogens is 1. The largest absolute Gasteiger partial charge is 0.494 e. The molecular weight excluding hydrogens is 377 g/mol. The molecule has 28 heavy (non-hydrogen) atoms. The number of aromatic amines is 1. The van der Waals surface area contributed by atoms with E-state index in [0.717, 1.165) is 41.6 Å². The van der Waals surface area contributed by atoms with E-state index in [2.05, 4.69) is 11.9 Å². The van der Waals surface area contributed by atoms with E-state index < -0.39 is 0 Å². The summed E-state index contributed by atoms with van der Waals surface area (Å²) >= 11 is 1.67. The highest BCUT2D eigenvalue weighted by Crippen LogP contribution is 2.33. The van der Waals surface area contributed by atoms with Crippen LogP contribution in [-0.2, 0) is 25.9 Å². The summed E-state index contributed by atoms with van der Waals surface area (Å²) in [5, 5.41) is 0.790. The Bertz CT molecular complexity index is 1060. The third-order valence-corrected chi connectivity index (χ3v) is 6.65. The van der Waals surface area contributed by atoms with Gasteiger partial charge in [0, 0.05) is 10.4 Å². The van der Waals surface area contributed by atoms with Gasteiger partial charge in [-0.25, -0.2) is 9.37 Å². The zero-order valence-corrected chi connectivity index (χ0v) is 17.0. The van der Waals surface area contributed by atoms with Crippen molar-refractivity contribution in [3.63, 3.8) is 0 Å². The number of hydrogen-bond acceptors (Lipinski definition) is 4. The van der Waals surface area contributed by atoms with Crippen molar-refractivity contribution in [3.05, 3.63) is 56.2 Å². The van der Waals surface area contributed by atoms with Crippen molar-refractivity contribution in [3.8, 4) is 5.75 Å². The van der Waals surface area contributed by atoms with Gasteiger partial charge in [-0.1, -0.05) is 0 Å². The van der Waals surface area contributed by atoms with Crippen molar-refractivity contribution < 1.29 is 14.0 Å². The minimum absolute atomic E-state index is 0.0228. The number of methoxy groups -OCH3 is 1. The lowest BCUT2D eigenvalue weighted by atomic mass is 9.97. The summed E-state index contributed by atoms with van der Waals surface area (Å²) in [7, 11) is 1.46. The highest BCUT2D eigenvalue weighted by atomic mass is 32.1. The lowest BCUT2D eigenvalue weighted by Gasteiger charge is -2.17. The van der Waals surface area contributed by atoms with Crippen LogP contribution in [0.25, 0.3) is 10.2 Å². The summed E-state index contributed by atoms with van der Waals surface area (Å²) in [6.07, 6.45) is 4.37. The Morgan fingerprint density at radius 2 is 2.11 bits per heavy atom. The molecule has 0 amide bonds. The minimum Gasteiger partial charge on any atom is -0.494 e. The molecule has 1 aliphatic carbocycles. The zero-order valence-electron chi connectivity index (χ0n) is 16.2. The molecule has 7 heteroatoms. The summed E-state index contributed by atoms with van der Waals surface area (Å²) in [5.41, 5.74) is 2.08. The van der Waals surface area contributed by atoms with Gasteiger partial charge in [0.2, 0.25) is 0 Å². The standard InChI is InChI=1S/C21H24FN3O2S/c1-3-25(11-13-8-9-16(27-2)15(22)10-13)12-18-23-20(26)19-14-6-4-5-7-17(14)28-21(19)24-18/h8-10H,3-7,11-12H2,1-2H3,(H,23,24,26)/p+1. The van der Waals surface area contributed by atoms with Gasteiger partial charge in [0.25, 0.3) is 5.56 Å². The van der Waals surface area contributed by atoms with Crippen LogP contribution in [0.5, 0.6) is 5.75 Å². The van der Waals surface area contributed by atoms with Gasteiger partial charge in [0.05, 0.1) is 19.0 Å². The first-order valence-corrected chi connectivity index (χ1v) is 10.6. The molecule has 1 unspecified atom stereocenters. The van der Waals surface area contributed by atoms with Gasteiger partial charge in [-0.2, -0.15) is 0 Å². The third-order valence-electron chi connectivity index (χ3n) is 5.46. The Balaban J connectivity index is 1.57. The van der Waals surface area contributed by atoms with Crippen molar-refractivity contribution >= 4 is 21.6 Å². The number of fused-ring (bicyclic) bond motifs is 3. The lowest BCUT2D eigenvalue weighted by molar-refractivity contribution is -0.926.